The summed E-state index contributed by atoms with van der Waals surface area (Å²) < 4.78 is 13.2. The highest BCUT2D eigenvalue weighted by molar-refractivity contribution is 9.10. The van der Waals surface area contributed by atoms with Gasteiger partial charge in [0.25, 0.3) is 0 Å². The van der Waals surface area contributed by atoms with Crippen LogP contribution in [0.25, 0.3) is 0 Å². The van der Waals surface area contributed by atoms with Crippen molar-refractivity contribution >= 4 is 21.6 Å². The standard InChI is InChI=1S/C8H5BrFN/c1-2-5-3-4-6(11)8(10)7(5)9/h1,3-4H,11H2. The van der Waals surface area contributed by atoms with Crippen molar-refractivity contribution in [2.24, 2.45) is 0 Å². The molecule has 0 radical (unpaired) electrons. The number of nitrogen functional groups attached to an aromatic ring is 1. The van der Waals surface area contributed by atoms with Gasteiger partial charge < -0.3 is 5.73 Å². The lowest BCUT2D eigenvalue weighted by Gasteiger charge is -2.00. The molecule has 56 valence electrons. The molecule has 1 aromatic carbocycles. The Bertz CT molecular complexity index is 328. The van der Waals surface area contributed by atoms with E-state index in [1.807, 2.05) is 0 Å². The summed E-state index contributed by atoms with van der Waals surface area (Å²) >= 11 is 2.99. The third-order valence-corrected chi connectivity index (χ3v) is 2.04. The number of nitrogens with two attached hydrogens (primary N) is 1. The monoisotopic (exact) mass is 213 g/mol. The van der Waals surface area contributed by atoms with Crippen LogP contribution in [0, 0.1) is 18.2 Å². The van der Waals surface area contributed by atoms with Crippen molar-refractivity contribution in [1.29, 1.82) is 0 Å². The Labute approximate surface area is 72.5 Å². The molecule has 2 N–H and O–H groups in total. The quantitative estimate of drug-likeness (QED) is 0.519. The van der Waals surface area contributed by atoms with E-state index in [-0.39, 0.29) is 10.2 Å². The van der Waals surface area contributed by atoms with Gasteiger partial charge in [-0.1, -0.05) is 5.92 Å². The Morgan fingerprint density at radius 2 is 2.18 bits per heavy atom. The van der Waals surface area contributed by atoms with Gasteiger partial charge in [0, 0.05) is 5.56 Å². The highest BCUT2D eigenvalue weighted by Gasteiger charge is 2.06. The number of halogens is 2. The summed E-state index contributed by atoms with van der Waals surface area (Å²) in [6.45, 7) is 0. The molecule has 0 amide bonds. The summed E-state index contributed by atoms with van der Waals surface area (Å²) in [5, 5.41) is 0. The van der Waals surface area contributed by atoms with Crippen molar-refractivity contribution in [2.75, 3.05) is 5.73 Å². The molecule has 0 fully saturated rings. The first-order valence-electron chi connectivity index (χ1n) is 2.87. The molecule has 0 unspecified atom stereocenters. The highest BCUT2D eigenvalue weighted by Crippen LogP contribution is 2.24. The smallest absolute Gasteiger partial charge is 0.161 e. The molecule has 0 atom stereocenters. The van der Waals surface area contributed by atoms with Crippen LogP contribution in [0.4, 0.5) is 10.1 Å². The molecule has 0 bridgehead atoms. The number of hydrogen-bond donors (Lipinski definition) is 1. The zero-order chi connectivity index (χ0) is 8.43. The molecule has 1 nitrogen and oxygen atoms in total. The molecular weight excluding hydrogens is 209 g/mol. The lowest BCUT2D eigenvalue weighted by atomic mass is 10.2. The lowest BCUT2D eigenvalue weighted by molar-refractivity contribution is 0.625. The van der Waals surface area contributed by atoms with E-state index in [1.165, 1.54) is 6.07 Å². The highest BCUT2D eigenvalue weighted by atomic mass is 79.9. The van der Waals surface area contributed by atoms with Gasteiger partial charge in [-0.15, -0.1) is 6.42 Å². The molecule has 1 aromatic rings. The van der Waals surface area contributed by atoms with Crippen molar-refractivity contribution in [2.45, 2.75) is 0 Å². The van der Waals surface area contributed by atoms with Crippen LogP contribution < -0.4 is 5.73 Å². The first-order chi connectivity index (χ1) is 5.16. The minimum atomic E-state index is -0.500. The van der Waals surface area contributed by atoms with Gasteiger partial charge >= 0.3 is 0 Å². The lowest BCUT2D eigenvalue weighted by Crippen LogP contribution is -1.92. The molecule has 0 heterocycles. The fraction of sp³-hybridized carbons (Fsp3) is 0. The van der Waals surface area contributed by atoms with Crippen molar-refractivity contribution in [1.82, 2.24) is 0 Å². The molecule has 0 saturated carbocycles. The average molecular weight is 214 g/mol. The fourth-order valence-corrected chi connectivity index (χ4v) is 1.15. The molecule has 11 heavy (non-hydrogen) atoms. The second-order valence-electron chi connectivity index (χ2n) is 1.97. The second-order valence-corrected chi connectivity index (χ2v) is 2.77. The number of terminal acetylenes is 1. The third kappa shape index (κ3) is 1.36. The first kappa shape index (κ1) is 8.09. The van der Waals surface area contributed by atoms with Gasteiger partial charge in [0.15, 0.2) is 5.82 Å². The van der Waals surface area contributed by atoms with Gasteiger partial charge in [-0.3, -0.25) is 0 Å². The summed E-state index contributed by atoms with van der Waals surface area (Å²) in [5.74, 6) is 1.82. The van der Waals surface area contributed by atoms with Crippen LogP contribution in [0.15, 0.2) is 16.6 Å². The zero-order valence-corrected chi connectivity index (χ0v) is 7.15. The molecule has 0 saturated heterocycles. The molecule has 0 aliphatic carbocycles. The van der Waals surface area contributed by atoms with Crippen LogP contribution in [0.1, 0.15) is 5.56 Å². The zero-order valence-electron chi connectivity index (χ0n) is 5.57. The maximum atomic E-state index is 12.9. The van der Waals surface area contributed by atoms with E-state index in [2.05, 4.69) is 21.9 Å². The molecule has 3 heteroatoms. The van der Waals surface area contributed by atoms with Crippen molar-refractivity contribution < 1.29 is 4.39 Å². The van der Waals surface area contributed by atoms with Crippen molar-refractivity contribution in [3.63, 3.8) is 0 Å². The van der Waals surface area contributed by atoms with Crippen LogP contribution >= 0.6 is 15.9 Å². The minimum Gasteiger partial charge on any atom is -0.396 e. The van der Waals surface area contributed by atoms with E-state index in [1.54, 1.807) is 6.07 Å². The minimum absolute atomic E-state index is 0.0934. The third-order valence-electron chi connectivity index (χ3n) is 1.27. The molecule has 1 rings (SSSR count). The SMILES string of the molecule is C#Cc1ccc(N)c(F)c1Br. The maximum Gasteiger partial charge on any atom is 0.161 e. The van der Waals surface area contributed by atoms with Crippen LogP contribution in [-0.4, -0.2) is 0 Å². The van der Waals surface area contributed by atoms with Gasteiger partial charge in [0.2, 0.25) is 0 Å². The summed E-state index contributed by atoms with van der Waals surface area (Å²) in [6, 6.07) is 3.03. The molecule has 0 aromatic heterocycles. The Kier molecular flexibility index (Phi) is 2.16. The number of benzene rings is 1. The van der Waals surface area contributed by atoms with Gasteiger partial charge in [-0.05, 0) is 28.1 Å². The summed E-state index contributed by atoms with van der Waals surface area (Å²) in [6.07, 6.45) is 5.08. The predicted molar refractivity (Wildman–Crippen MR) is 46.4 cm³/mol. The summed E-state index contributed by atoms with van der Waals surface area (Å²) in [5.41, 5.74) is 5.83. The largest absolute Gasteiger partial charge is 0.396 e. The number of hydrogen-bond acceptors (Lipinski definition) is 1. The van der Waals surface area contributed by atoms with Crippen LogP contribution in [-0.2, 0) is 0 Å². The van der Waals surface area contributed by atoms with E-state index in [9.17, 15) is 4.39 Å². The topological polar surface area (TPSA) is 26.0 Å². The second kappa shape index (κ2) is 2.93. The van der Waals surface area contributed by atoms with Crippen molar-refractivity contribution in [3.05, 3.63) is 28.0 Å². The van der Waals surface area contributed by atoms with Crippen LogP contribution in [0.5, 0.6) is 0 Å². The molecule has 0 aliphatic heterocycles. The Morgan fingerprint density at radius 3 is 2.73 bits per heavy atom. The van der Waals surface area contributed by atoms with E-state index in [0.29, 0.717) is 5.56 Å². The Morgan fingerprint density at radius 1 is 1.55 bits per heavy atom. The van der Waals surface area contributed by atoms with Crippen LogP contribution in [0.2, 0.25) is 0 Å². The average Bonchev–Trinajstić information content (AvgIpc) is 2.01. The van der Waals surface area contributed by atoms with E-state index in [0.717, 1.165) is 0 Å². The van der Waals surface area contributed by atoms with Gasteiger partial charge in [-0.2, -0.15) is 0 Å². The normalized spacial score (nSPS) is 9.18. The van der Waals surface area contributed by atoms with E-state index >= 15 is 0 Å². The summed E-state index contributed by atoms with van der Waals surface area (Å²) in [4.78, 5) is 0. The number of anilines is 1. The van der Waals surface area contributed by atoms with E-state index in [4.69, 9.17) is 12.2 Å². The van der Waals surface area contributed by atoms with Gasteiger partial charge in [0.05, 0.1) is 10.2 Å². The Balaban J connectivity index is 3.40. The van der Waals surface area contributed by atoms with Crippen molar-refractivity contribution in [3.8, 4) is 12.3 Å². The number of rotatable bonds is 0. The Hall–Kier alpha value is -1.01. The van der Waals surface area contributed by atoms with Gasteiger partial charge in [-0.25, -0.2) is 4.39 Å². The predicted octanol–water partition coefficient (Wildman–Crippen LogP) is 2.15. The van der Waals surface area contributed by atoms with E-state index < -0.39 is 5.82 Å². The summed E-state index contributed by atoms with van der Waals surface area (Å²) in [7, 11) is 0. The first-order valence-corrected chi connectivity index (χ1v) is 3.66. The van der Waals surface area contributed by atoms with Gasteiger partial charge in [0.1, 0.15) is 0 Å². The maximum absolute atomic E-state index is 12.9. The molecule has 0 aliphatic rings. The molecular formula is C8H5BrFN. The fourth-order valence-electron chi connectivity index (χ4n) is 0.676. The van der Waals surface area contributed by atoms with Crippen LogP contribution in [0.3, 0.4) is 0 Å². The molecule has 0 spiro atoms.